The van der Waals surface area contributed by atoms with Gasteiger partial charge in [0.05, 0.1) is 6.61 Å². The number of alkyl halides is 3. The SMILES string of the molecule is CC(=O)OCCC(F)C(F)(F)S(=O)(=O)[O-]. The number of carbonyl (C=O) groups is 1. The third-order valence-electron chi connectivity index (χ3n) is 1.37. The summed E-state index contributed by atoms with van der Waals surface area (Å²) in [5.74, 6) is -0.824. The fourth-order valence-electron chi connectivity index (χ4n) is 0.631. The van der Waals surface area contributed by atoms with E-state index in [1.54, 1.807) is 0 Å². The number of ether oxygens (including phenoxy) is 1. The van der Waals surface area contributed by atoms with Gasteiger partial charge in [-0.05, 0) is 0 Å². The molecule has 0 fully saturated rings. The molecule has 0 spiro atoms. The number of hydrogen-bond acceptors (Lipinski definition) is 5. The lowest BCUT2D eigenvalue weighted by atomic mass is 10.3. The van der Waals surface area contributed by atoms with Gasteiger partial charge in [0.25, 0.3) is 0 Å². The molecule has 1 atom stereocenters. The van der Waals surface area contributed by atoms with E-state index in [-0.39, 0.29) is 0 Å². The first-order valence-electron chi connectivity index (χ1n) is 3.69. The first kappa shape index (κ1) is 14.2. The molecule has 0 radical (unpaired) electrons. The van der Waals surface area contributed by atoms with E-state index in [9.17, 15) is 30.9 Å². The molecule has 0 aliphatic carbocycles. The first-order chi connectivity index (χ1) is 6.59. The summed E-state index contributed by atoms with van der Waals surface area (Å²) in [6.45, 7) is 0.247. The second-order valence-electron chi connectivity index (χ2n) is 2.61. The second-order valence-corrected chi connectivity index (χ2v) is 4.06. The topological polar surface area (TPSA) is 83.5 Å². The van der Waals surface area contributed by atoms with Crippen molar-refractivity contribution in [1.82, 2.24) is 0 Å². The van der Waals surface area contributed by atoms with Crippen molar-refractivity contribution in [2.24, 2.45) is 0 Å². The molecule has 0 heterocycles. The Labute approximate surface area is 84.0 Å². The van der Waals surface area contributed by atoms with Gasteiger partial charge in [-0.3, -0.25) is 4.79 Å². The molecule has 0 aromatic heterocycles. The highest BCUT2D eigenvalue weighted by molar-refractivity contribution is 7.86. The minimum atomic E-state index is -6.05. The molecule has 0 aliphatic rings. The van der Waals surface area contributed by atoms with Gasteiger partial charge in [0.2, 0.25) is 0 Å². The highest BCUT2D eigenvalue weighted by atomic mass is 32.2. The van der Waals surface area contributed by atoms with E-state index in [0.717, 1.165) is 6.92 Å². The van der Waals surface area contributed by atoms with Crippen molar-refractivity contribution >= 4 is 16.1 Å². The molecule has 0 saturated carbocycles. The van der Waals surface area contributed by atoms with Gasteiger partial charge in [0.15, 0.2) is 16.3 Å². The van der Waals surface area contributed by atoms with Crippen molar-refractivity contribution in [2.45, 2.75) is 24.8 Å². The number of esters is 1. The van der Waals surface area contributed by atoms with Crippen LogP contribution in [0.3, 0.4) is 0 Å². The van der Waals surface area contributed by atoms with Crippen molar-refractivity contribution in [2.75, 3.05) is 6.61 Å². The average molecular weight is 249 g/mol. The van der Waals surface area contributed by atoms with Crippen LogP contribution in [-0.4, -0.2) is 37.0 Å². The highest BCUT2D eigenvalue weighted by Crippen LogP contribution is 2.29. The number of halogens is 3. The quantitative estimate of drug-likeness (QED) is 0.520. The Kier molecular flexibility index (Phi) is 4.53. The fraction of sp³-hybridized carbons (Fsp3) is 0.833. The zero-order chi connectivity index (χ0) is 12.3. The van der Waals surface area contributed by atoms with Gasteiger partial charge in [0.1, 0.15) is 0 Å². The van der Waals surface area contributed by atoms with Crippen LogP contribution < -0.4 is 0 Å². The summed E-state index contributed by atoms with van der Waals surface area (Å²) in [6.07, 6.45) is -4.26. The van der Waals surface area contributed by atoms with Crippen LogP contribution >= 0.6 is 0 Å². The van der Waals surface area contributed by atoms with Crippen molar-refractivity contribution < 1.29 is 35.7 Å². The Bertz CT molecular complexity index is 326. The van der Waals surface area contributed by atoms with E-state index in [0.29, 0.717) is 0 Å². The van der Waals surface area contributed by atoms with E-state index in [1.807, 2.05) is 0 Å². The normalized spacial score (nSPS) is 14.7. The predicted octanol–water partition coefficient (Wildman–Crippen LogP) is 0.416. The molecule has 9 heteroatoms. The van der Waals surface area contributed by atoms with Crippen LogP contribution in [0.5, 0.6) is 0 Å². The Hall–Kier alpha value is -0.830. The molecule has 0 saturated heterocycles. The molecule has 15 heavy (non-hydrogen) atoms. The van der Waals surface area contributed by atoms with Crippen LogP contribution in [0.4, 0.5) is 13.2 Å². The monoisotopic (exact) mass is 249 g/mol. The van der Waals surface area contributed by atoms with Crippen molar-refractivity contribution in [3.8, 4) is 0 Å². The van der Waals surface area contributed by atoms with E-state index < -0.39 is 40.5 Å². The zero-order valence-corrected chi connectivity index (χ0v) is 8.39. The third-order valence-corrected chi connectivity index (χ3v) is 2.30. The van der Waals surface area contributed by atoms with Crippen LogP contribution in [0.25, 0.3) is 0 Å². The maximum atomic E-state index is 12.6. The summed E-state index contributed by atoms with van der Waals surface area (Å²) in [5, 5.41) is -5.01. The van der Waals surface area contributed by atoms with Gasteiger partial charge in [-0.25, -0.2) is 12.8 Å². The Morgan fingerprint density at radius 2 is 2.00 bits per heavy atom. The standard InChI is InChI=1S/C6H9F3O5S/c1-4(10)14-3-2-5(7)6(8,9)15(11,12)13/h5H,2-3H2,1H3,(H,11,12,13)/p-1. The maximum Gasteiger partial charge on any atom is 0.364 e. The molecular formula is C6H8F3O5S-. The van der Waals surface area contributed by atoms with Gasteiger partial charge in [-0.15, -0.1) is 0 Å². The number of carbonyl (C=O) groups excluding carboxylic acids is 1. The van der Waals surface area contributed by atoms with Crippen molar-refractivity contribution in [1.29, 1.82) is 0 Å². The van der Waals surface area contributed by atoms with Gasteiger partial charge < -0.3 is 9.29 Å². The van der Waals surface area contributed by atoms with E-state index in [1.165, 1.54) is 0 Å². The molecule has 1 unspecified atom stereocenters. The van der Waals surface area contributed by atoms with Gasteiger partial charge >= 0.3 is 11.2 Å². The molecular weight excluding hydrogens is 241 g/mol. The minimum Gasteiger partial charge on any atom is -0.743 e. The van der Waals surface area contributed by atoms with E-state index in [2.05, 4.69) is 4.74 Å². The van der Waals surface area contributed by atoms with Crippen LogP contribution in [0.1, 0.15) is 13.3 Å². The second kappa shape index (κ2) is 4.79. The Morgan fingerprint density at radius 1 is 1.53 bits per heavy atom. The average Bonchev–Trinajstić information content (AvgIpc) is 2.01. The predicted molar refractivity (Wildman–Crippen MR) is 40.8 cm³/mol. The summed E-state index contributed by atoms with van der Waals surface area (Å²) >= 11 is 0. The third kappa shape index (κ3) is 4.04. The summed E-state index contributed by atoms with van der Waals surface area (Å²) < 4.78 is 71.4. The van der Waals surface area contributed by atoms with Crippen molar-refractivity contribution in [3.63, 3.8) is 0 Å². The lowest BCUT2D eigenvalue weighted by Crippen LogP contribution is -2.39. The van der Waals surface area contributed by atoms with Crippen LogP contribution in [0.15, 0.2) is 0 Å². The van der Waals surface area contributed by atoms with Crippen LogP contribution in [0, 0.1) is 0 Å². The van der Waals surface area contributed by atoms with Gasteiger partial charge in [-0.1, -0.05) is 0 Å². The largest absolute Gasteiger partial charge is 0.743 e. The van der Waals surface area contributed by atoms with Crippen molar-refractivity contribution in [3.05, 3.63) is 0 Å². The summed E-state index contributed by atoms with van der Waals surface area (Å²) in [7, 11) is -6.05. The molecule has 0 aliphatic heterocycles. The molecule has 90 valence electrons. The minimum absolute atomic E-state index is 0.721. The summed E-state index contributed by atoms with van der Waals surface area (Å²) in [4.78, 5) is 10.2. The number of hydrogen-bond donors (Lipinski definition) is 0. The van der Waals surface area contributed by atoms with E-state index >= 15 is 0 Å². The van der Waals surface area contributed by atoms with Crippen LogP contribution in [0.2, 0.25) is 0 Å². The number of rotatable bonds is 5. The molecule has 5 nitrogen and oxygen atoms in total. The van der Waals surface area contributed by atoms with Crippen LogP contribution in [-0.2, 0) is 19.6 Å². The first-order valence-corrected chi connectivity index (χ1v) is 5.10. The van der Waals surface area contributed by atoms with E-state index in [4.69, 9.17) is 0 Å². The molecule has 0 rings (SSSR count). The molecule has 0 bridgehead atoms. The molecule has 0 amide bonds. The summed E-state index contributed by atoms with van der Waals surface area (Å²) in [5.41, 5.74) is 0. The van der Waals surface area contributed by atoms with Gasteiger partial charge in [0, 0.05) is 13.3 Å². The molecule has 0 N–H and O–H groups in total. The lowest BCUT2D eigenvalue weighted by molar-refractivity contribution is -0.142. The Morgan fingerprint density at radius 3 is 2.33 bits per heavy atom. The Balaban J connectivity index is 4.33. The fourth-order valence-corrected chi connectivity index (χ4v) is 1.06. The lowest BCUT2D eigenvalue weighted by Gasteiger charge is -2.23. The molecule has 0 aromatic carbocycles. The van der Waals surface area contributed by atoms with Gasteiger partial charge in [-0.2, -0.15) is 8.78 Å². The molecule has 0 aromatic rings. The smallest absolute Gasteiger partial charge is 0.364 e. The summed E-state index contributed by atoms with van der Waals surface area (Å²) in [6, 6.07) is 0. The zero-order valence-electron chi connectivity index (χ0n) is 7.57. The highest BCUT2D eigenvalue weighted by Gasteiger charge is 2.47. The maximum absolute atomic E-state index is 12.6.